The third-order valence-electron chi connectivity index (χ3n) is 2.88. The van der Waals surface area contributed by atoms with E-state index in [1.165, 1.54) is 6.92 Å². The third-order valence-corrected chi connectivity index (χ3v) is 2.88. The Bertz CT molecular complexity index is 983. The summed E-state index contributed by atoms with van der Waals surface area (Å²) in [7, 11) is 0. The summed E-state index contributed by atoms with van der Waals surface area (Å²) < 4.78 is 0.881. The van der Waals surface area contributed by atoms with Gasteiger partial charge in [-0.15, -0.1) is 5.10 Å². The molecule has 8 heteroatoms. The predicted molar refractivity (Wildman–Crippen MR) is 71.1 cm³/mol. The van der Waals surface area contributed by atoms with Crippen molar-refractivity contribution in [2.24, 2.45) is 0 Å². The maximum Gasteiger partial charge on any atom is 0.326 e. The minimum absolute atomic E-state index is 0.0483. The summed E-state index contributed by atoms with van der Waals surface area (Å²) in [5.74, 6) is 0. The molecule has 100 valence electrons. The van der Waals surface area contributed by atoms with Crippen LogP contribution in [0.3, 0.4) is 0 Å². The van der Waals surface area contributed by atoms with Crippen LogP contribution >= 0.6 is 0 Å². The number of nitrogens with one attached hydrogen (secondary N) is 2. The number of benzene rings is 1. The second kappa shape index (κ2) is 4.26. The smallest absolute Gasteiger partial charge is 0.309 e. The number of aromatic amines is 2. The fraction of sp³-hybridized carbons (Fsp3) is 0.0833. The molecule has 8 nitrogen and oxygen atoms in total. The van der Waals surface area contributed by atoms with Gasteiger partial charge >= 0.3 is 5.69 Å². The van der Waals surface area contributed by atoms with Gasteiger partial charge in [-0.25, -0.2) is 4.79 Å². The van der Waals surface area contributed by atoms with Gasteiger partial charge in [0.25, 0.3) is 11.1 Å². The summed E-state index contributed by atoms with van der Waals surface area (Å²) in [6, 6.07) is 6.68. The molecular formula is C12H9N5O3. The molecule has 2 heterocycles. The van der Waals surface area contributed by atoms with E-state index in [2.05, 4.69) is 20.3 Å². The zero-order valence-electron chi connectivity index (χ0n) is 10.4. The van der Waals surface area contributed by atoms with E-state index in [0.717, 1.165) is 4.68 Å². The van der Waals surface area contributed by atoms with E-state index in [-0.39, 0.29) is 11.4 Å². The Labute approximate surface area is 110 Å². The summed E-state index contributed by atoms with van der Waals surface area (Å²) in [6.45, 7) is 1.51. The first kappa shape index (κ1) is 12.0. The number of fused-ring (bicyclic) bond motifs is 1. The van der Waals surface area contributed by atoms with Crippen LogP contribution in [-0.4, -0.2) is 25.0 Å². The highest BCUT2D eigenvalue weighted by Gasteiger charge is 2.13. The number of hydrogen-bond acceptors (Lipinski definition) is 5. The van der Waals surface area contributed by atoms with E-state index in [9.17, 15) is 14.4 Å². The van der Waals surface area contributed by atoms with Gasteiger partial charge in [-0.05, 0) is 19.1 Å². The van der Waals surface area contributed by atoms with E-state index in [4.69, 9.17) is 0 Å². The van der Waals surface area contributed by atoms with Gasteiger partial charge in [0.15, 0.2) is 5.69 Å². The highest BCUT2D eigenvalue weighted by molar-refractivity contribution is 5.76. The van der Waals surface area contributed by atoms with Crippen molar-refractivity contribution < 1.29 is 0 Å². The zero-order valence-corrected chi connectivity index (χ0v) is 10.4. The average Bonchev–Trinajstić information content (AvgIpc) is 2.40. The minimum atomic E-state index is -0.696. The average molecular weight is 271 g/mol. The summed E-state index contributed by atoms with van der Waals surface area (Å²) in [5.41, 5.74) is -1.18. The molecule has 0 saturated heterocycles. The molecule has 0 bridgehead atoms. The molecule has 0 fully saturated rings. The predicted octanol–water partition coefficient (Wildman–Crippen LogP) is -0.534. The van der Waals surface area contributed by atoms with Gasteiger partial charge in [-0.2, -0.15) is 4.68 Å². The molecule has 0 radical (unpaired) electrons. The van der Waals surface area contributed by atoms with Crippen LogP contribution in [0.1, 0.15) is 5.69 Å². The first-order chi connectivity index (χ1) is 9.58. The van der Waals surface area contributed by atoms with Crippen LogP contribution in [0.4, 0.5) is 0 Å². The lowest BCUT2D eigenvalue weighted by Crippen LogP contribution is -2.33. The molecule has 0 unspecified atom stereocenters. The molecule has 0 amide bonds. The Kier molecular flexibility index (Phi) is 2.56. The van der Waals surface area contributed by atoms with Crippen molar-refractivity contribution in [3.8, 4) is 5.69 Å². The second-order valence-corrected chi connectivity index (χ2v) is 4.21. The largest absolute Gasteiger partial charge is 0.326 e. The van der Waals surface area contributed by atoms with Gasteiger partial charge in [0, 0.05) is 5.69 Å². The zero-order chi connectivity index (χ0) is 14.3. The maximum atomic E-state index is 12.3. The lowest BCUT2D eigenvalue weighted by molar-refractivity contribution is 0.716. The first-order valence-electron chi connectivity index (χ1n) is 5.76. The highest BCUT2D eigenvalue weighted by Crippen LogP contribution is 2.05. The first-order valence-corrected chi connectivity index (χ1v) is 5.76. The Morgan fingerprint density at radius 2 is 1.85 bits per heavy atom. The van der Waals surface area contributed by atoms with E-state index >= 15 is 0 Å². The Balaban J connectivity index is 2.43. The normalized spacial score (nSPS) is 10.8. The molecule has 0 aliphatic carbocycles. The van der Waals surface area contributed by atoms with Crippen molar-refractivity contribution in [3.05, 3.63) is 61.2 Å². The number of hydrogen-bond donors (Lipinski definition) is 2. The molecule has 0 atom stereocenters. The summed E-state index contributed by atoms with van der Waals surface area (Å²) in [4.78, 5) is 39.8. The van der Waals surface area contributed by atoms with Crippen LogP contribution in [0.2, 0.25) is 0 Å². The van der Waals surface area contributed by atoms with E-state index < -0.39 is 16.8 Å². The molecule has 2 aromatic heterocycles. The number of nitrogens with zero attached hydrogens (tertiary/aromatic N) is 3. The molecule has 3 aromatic rings. The van der Waals surface area contributed by atoms with Crippen molar-refractivity contribution in [1.29, 1.82) is 0 Å². The Morgan fingerprint density at radius 1 is 1.10 bits per heavy atom. The quantitative estimate of drug-likeness (QED) is 0.617. The number of H-pyrrole nitrogens is 2. The maximum absolute atomic E-state index is 12.3. The molecule has 1 aromatic carbocycles. The van der Waals surface area contributed by atoms with Crippen LogP contribution in [0.5, 0.6) is 0 Å². The Morgan fingerprint density at radius 3 is 2.60 bits per heavy atom. The summed E-state index contributed by atoms with van der Waals surface area (Å²) in [6.07, 6.45) is 0. The molecule has 20 heavy (non-hydrogen) atoms. The van der Waals surface area contributed by atoms with Crippen molar-refractivity contribution in [3.63, 3.8) is 0 Å². The number of aromatic nitrogens is 5. The van der Waals surface area contributed by atoms with Gasteiger partial charge in [0.1, 0.15) is 5.52 Å². The fourth-order valence-electron chi connectivity index (χ4n) is 1.98. The molecule has 0 aliphatic heterocycles. The second-order valence-electron chi connectivity index (χ2n) is 4.21. The molecule has 0 spiro atoms. The monoisotopic (exact) mass is 271 g/mol. The van der Waals surface area contributed by atoms with Crippen molar-refractivity contribution in [1.82, 2.24) is 25.0 Å². The van der Waals surface area contributed by atoms with Gasteiger partial charge in [-0.1, -0.05) is 17.3 Å². The lowest BCUT2D eigenvalue weighted by Gasteiger charge is -2.05. The third kappa shape index (κ3) is 1.74. The van der Waals surface area contributed by atoms with E-state index in [1.54, 1.807) is 24.3 Å². The van der Waals surface area contributed by atoms with Crippen LogP contribution < -0.4 is 16.8 Å². The van der Waals surface area contributed by atoms with E-state index in [0.29, 0.717) is 10.9 Å². The SMILES string of the molecule is Cc1[nH]c(=O)[nH]c(=O)c1-n1nnc2ccccc2c1=O. The van der Waals surface area contributed by atoms with Crippen molar-refractivity contribution >= 4 is 10.9 Å². The molecule has 0 aliphatic rings. The van der Waals surface area contributed by atoms with Crippen molar-refractivity contribution in [2.45, 2.75) is 6.92 Å². The van der Waals surface area contributed by atoms with Gasteiger partial charge in [0.05, 0.1) is 5.39 Å². The fourth-order valence-corrected chi connectivity index (χ4v) is 1.98. The van der Waals surface area contributed by atoms with Crippen LogP contribution in [-0.2, 0) is 0 Å². The molecule has 2 N–H and O–H groups in total. The minimum Gasteiger partial charge on any atom is -0.309 e. The molecular weight excluding hydrogens is 262 g/mol. The molecule has 0 saturated carbocycles. The van der Waals surface area contributed by atoms with Crippen molar-refractivity contribution in [2.75, 3.05) is 0 Å². The topological polar surface area (TPSA) is 114 Å². The number of aryl methyl sites for hydroxylation is 1. The van der Waals surface area contributed by atoms with E-state index in [1.807, 2.05) is 0 Å². The van der Waals surface area contributed by atoms with Gasteiger partial charge in [-0.3, -0.25) is 14.6 Å². The molecule has 3 rings (SSSR count). The van der Waals surface area contributed by atoms with Crippen LogP contribution in [0, 0.1) is 6.92 Å². The standard InChI is InChI=1S/C12H9N5O3/c1-6-9(10(18)14-12(20)13-6)17-11(19)7-4-2-3-5-8(7)15-16-17/h2-5H,1H3,(H2,13,14,18,20). The van der Waals surface area contributed by atoms with Crippen LogP contribution in [0.15, 0.2) is 38.6 Å². The van der Waals surface area contributed by atoms with Gasteiger partial charge in [0.2, 0.25) is 0 Å². The Hall–Kier alpha value is -3.03. The lowest BCUT2D eigenvalue weighted by atomic mass is 10.2. The van der Waals surface area contributed by atoms with Gasteiger partial charge < -0.3 is 4.98 Å². The summed E-state index contributed by atoms with van der Waals surface area (Å²) >= 11 is 0. The highest BCUT2D eigenvalue weighted by atomic mass is 16.2. The number of rotatable bonds is 1. The summed E-state index contributed by atoms with van der Waals surface area (Å²) in [5, 5.41) is 7.97. The van der Waals surface area contributed by atoms with Crippen LogP contribution in [0.25, 0.3) is 16.6 Å².